The van der Waals surface area contributed by atoms with E-state index in [0.717, 1.165) is 64.6 Å². The Kier molecular flexibility index (Phi) is 11.3. The average Bonchev–Trinajstić information content (AvgIpc) is 3.47. The Morgan fingerprint density at radius 1 is 0.745 bits per heavy atom. The van der Waals surface area contributed by atoms with Gasteiger partial charge in [0.05, 0.1) is 5.41 Å². The number of nitrogens with zero attached hydrogens (tertiary/aromatic N) is 2. The summed E-state index contributed by atoms with van der Waals surface area (Å²) in [5, 5.41) is 8.33. The number of hydrogen-bond acceptors (Lipinski definition) is 3. The maximum absolute atomic E-state index is 12.4. The summed E-state index contributed by atoms with van der Waals surface area (Å²) >= 11 is 0. The maximum Gasteiger partial charge on any atom is 0.219 e. The van der Waals surface area contributed by atoms with Crippen LogP contribution in [-0.2, 0) is 15.6 Å². The molecular weight excluding hydrogens is 625 g/mol. The van der Waals surface area contributed by atoms with Gasteiger partial charge in [0, 0.05) is 54.0 Å². The molecule has 0 fully saturated rings. The molecule has 2 aliphatic heterocycles. The molecule has 0 atom stereocenters. The Morgan fingerprint density at radius 3 is 2.16 bits per heavy atom. The predicted molar refractivity (Wildman–Crippen MR) is 218 cm³/mol. The number of nitrogens with two attached hydrogens (primary N) is 1. The Morgan fingerprint density at radius 2 is 1.41 bits per heavy atom. The number of benzene rings is 4. The molecule has 6 rings (SSSR count). The van der Waals surface area contributed by atoms with Crippen LogP contribution >= 0.6 is 0 Å². The molecule has 0 bridgehead atoms. The van der Waals surface area contributed by atoms with Gasteiger partial charge in [-0.15, -0.1) is 0 Å². The number of fused-ring (bicyclic) bond motifs is 6. The van der Waals surface area contributed by atoms with Gasteiger partial charge in [-0.2, -0.15) is 4.58 Å². The van der Waals surface area contributed by atoms with Gasteiger partial charge in [-0.25, -0.2) is 0 Å². The van der Waals surface area contributed by atoms with Crippen molar-refractivity contribution in [1.82, 2.24) is 5.32 Å². The second-order valence-corrected chi connectivity index (χ2v) is 15.4. The van der Waals surface area contributed by atoms with Crippen LogP contribution in [0, 0.1) is 0 Å². The lowest BCUT2D eigenvalue weighted by Crippen LogP contribution is -2.27. The van der Waals surface area contributed by atoms with Gasteiger partial charge in [-0.05, 0) is 91.4 Å². The van der Waals surface area contributed by atoms with Gasteiger partial charge in [0.25, 0.3) is 0 Å². The third-order valence-electron chi connectivity index (χ3n) is 11.1. The number of hydrogen-bond donors (Lipinski definition) is 2. The first-order valence-electron chi connectivity index (χ1n) is 19.1. The number of amides is 1. The Labute approximate surface area is 305 Å². The fourth-order valence-electron chi connectivity index (χ4n) is 8.50. The van der Waals surface area contributed by atoms with Crippen molar-refractivity contribution in [1.29, 1.82) is 0 Å². The van der Waals surface area contributed by atoms with Gasteiger partial charge in [-0.1, -0.05) is 106 Å². The SMILES string of the molecule is C[N+]1=C(\C=C/C=C\C=C2\N(CCCCCC(=O)NCCCCCCN)c3ccc4ccccc4c3C2(C)C)C(C)(C)c2c1ccc1ccccc21. The summed E-state index contributed by atoms with van der Waals surface area (Å²) in [5.41, 5.74) is 13.3. The molecule has 3 N–H and O–H groups in total. The molecule has 0 aliphatic carbocycles. The normalized spacial score (nSPS) is 17.1. The molecule has 1 amide bonds. The fourth-order valence-corrected chi connectivity index (χ4v) is 8.50. The zero-order valence-electron chi connectivity index (χ0n) is 31.5. The molecule has 0 aromatic heterocycles. The molecule has 0 radical (unpaired) electrons. The molecule has 2 aliphatic rings. The van der Waals surface area contributed by atoms with Crippen molar-refractivity contribution in [3.8, 4) is 0 Å². The minimum atomic E-state index is -0.153. The van der Waals surface area contributed by atoms with Crippen LogP contribution < -0.4 is 16.0 Å². The lowest BCUT2D eigenvalue weighted by molar-refractivity contribution is -0.401. The van der Waals surface area contributed by atoms with Crippen molar-refractivity contribution >= 4 is 44.5 Å². The average molecular weight is 682 g/mol. The number of unbranched alkanes of at least 4 members (excludes halogenated alkanes) is 5. The predicted octanol–water partition coefficient (Wildman–Crippen LogP) is 9.99. The number of anilines is 1. The minimum absolute atomic E-state index is 0.105. The van der Waals surface area contributed by atoms with E-state index in [-0.39, 0.29) is 16.7 Å². The van der Waals surface area contributed by atoms with Crippen LogP contribution in [0.1, 0.15) is 90.2 Å². The first kappa shape index (κ1) is 36.3. The van der Waals surface area contributed by atoms with E-state index in [1.165, 1.54) is 55.5 Å². The van der Waals surface area contributed by atoms with Crippen LogP contribution in [-0.4, -0.2) is 42.9 Å². The molecule has 0 saturated carbocycles. The quantitative estimate of drug-likeness (QED) is 0.0746. The summed E-state index contributed by atoms with van der Waals surface area (Å²) in [6.45, 7) is 11.9. The molecule has 2 heterocycles. The van der Waals surface area contributed by atoms with Gasteiger partial charge in [-0.3, -0.25) is 4.79 Å². The summed E-state index contributed by atoms with van der Waals surface area (Å²) in [5.74, 6) is 0.175. The monoisotopic (exact) mass is 681 g/mol. The standard InChI is InChI=1S/C46H56N4O/c1-45(2)40(49(5)38-29-27-34-20-13-15-22-36(34)43(38)45)24-10-8-11-25-41-46(3,4)44-37-23-16-14-21-35(37)28-30-39(44)50(41)33-19-9-12-26-42(51)48-32-18-7-6-17-31-47/h8,10-11,13-16,20-25,27-30H,6-7,9,12,17-19,26,31-33,47H2,1-5H3/p+1. The van der Waals surface area contributed by atoms with Crippen molar-refractivity contribution in [3.05, 3.63) is 120 Å². The first-order valence-corrected chi connectivity index (χ1v) is 19.1. The van der Waals surface area contributed by atoms with Crippen LogP contribution in [0.3, 0.4) is 0 Å². The van der Waals surface area contributed by atoms with Gasteiger partial charge < -0.3 is 16.0 Å². The molecule has 5 heteroatoms. The first-order chi connectivity index (χ1) is 24.7. The molecule has 266 valence electrons. The zero-order chi connectivity index (χ0) is 36.0. The molecular formula is C46H57N4O+. The Balaban J connectivity index is 1.16. The van der Waals surface area contributed by atoms with Crippen LogP contribution in [0.4, 0.5) is 11.4 Å². The number of carbonyl (C=O) groups is 1. The highest BCUT2D eigenvalue weighted by molar-refractivity contribution is 6.07. The lowest BCUT2D eigenvalue weighted by Gasteiger charge is -2.27. The topological polar surface area (TPSA) is 61.4 Å². The Bertz CT molecular complexity index is 2010. The minimum Gasteiger partial charge on any atom is -0.356 e. The summed E-state index contributed by atoms with van der Waals surface area (Å²) in [4.78, 5) is 15.0. The van der Waals surface area contributed by atoms with E-state index >= 15 is 0 Å². The number of carbonyl (C=O) groups excluding carboxylic acids is 1. The van der Waals surface area contributed by atoms with Gasteiger partial charge in [0.15, 0.2) is 5.71 Å². The molecule has 4 aromatic carbocycles. The third-order valence-corrected chi connectivity index (χ3v) is 11.1. The smallest absolute Gasteiger partial charge is 0.219 e. The molecule has 5 nitrogen and oxygen atoms in total. The van der Waals surface area contributed by atoms with Gasteiger partial charge >= 0.3 is 0 Å². The van der Waals surface area contributed by atoms with Gasteiger partial charge in [0.2, 0.25) is 11.6 Å². The van der Waals surface area contributed by atoms with E-state index in [1.54, 1.807) is 0 Å². The molecule has 51 heavy (non-hydrogen) atoms. The largest absolute Gasteiger partial charge is 0.356 e. The van der Waals surface area contributed by atoms with Crippen molar-refractivity contribution < 1.29 is 9.37 Å². The summed E-state index contributed by atoms with van der Waals surface area (Å²) < 4.78 is 2.35. The van der Waals surface area contributed by atoms with E-state index < -0.39 is 0 Å². The van der Waals surface area contributed by atoms with E-state index in [1.807, 2.05) is 0 Å². The van der Waals surface area contributed by atoms with E-state index in [2.05, 4.69) is 153 Å². The van der Waals surface area contributed by atoms with Gasteiger partial charge in [0.1, 0.15) is 7.05 Å². The highest BCUT2D eigenvalue weighted by Crippen LogP contribution is 2.51. The summed E-state index contributed by atoms with van der Waals surface area (Å²) in [6, 6.07) is 26.6. The summed E-state index contributed by atoms with van der Waals surface area (Å²) in [7, 11) is 2.19. The number of rotatable bonds is 15. The van der Waals surface area contributed by atoms with E-state index in [0.29, 0.717) is 6.42 Å². The Hall–Kier alpha value is -4.48. The zero-order valence-corrected chi connectivity index (χ0v) is 31.5. The van der Waals surface area contributed by atoms with Crippen LogP contribution in [0.15, 0.2) is 109 Å². The maximum atomic E-state index is 12.4. The fraction of sp³-hybridized carbons (Fsp3) is 0.391. The van der Waals surface area contributed by atoms with Crippen molar-refractivity contribution in [2.45, 2.75) is 89.9 Å². The van der Waals surface area contributed by atoms with Crippen molar-refractivity contribution in [3.63, 3.8) is 0 Å². The van der Waals surface area contributed by atoms with E-state index in [9.17, 15) is 4.79 Å². The second kappa shape index (κ2) is 15.8. The molecule has 0 unspecified atom stereocenters. The van der Waals surface area contributed by atoms with Crippen LogP contribution in [0.2, 0.25) is 0 Å². The number of nitrogens with one attached hydrogen (secondary N) is 1. The van der Waals surface area contributed by atoms with Crippen LogP contribution in [0.5, 0.6) is 0 Å². The highest BCUT2D eigenvalue weighted by atomic mass is 16.1. The van der Waals surface area contributed by atoms with Crippen molar-refractivity contribution in [2.75, 3.05) is 31.6 Å². The molecule has 0 saturated heterocycles. The lowest BCUT2D eigenvalue weighted by atomic mass is 9.79. The van der Waals surface area contributed by atoms with E-state index in [4.69, 9.17) is 5.73 Å². The molecule has 4 aromatic rings. The third kappa shape index (κ3) is 7.46. The number of allylic oxidation sites excluding steroid dienone is 6. The van der Waals surface area contributed by atoms with Crippen molar-refractivity contribution in [2.24, 2.45) is 5.73 Å². The van der Waals surface area contributed by atoms with Crippen LogP contribution in [0.25, 0.3) is 21.5 Å². The highest BCUT2D eigenvalue weighted by Gasteiger charge is 2.44. The molecule has 0 spiro atoms. The summed E-state index contributed by atoms with van der Waals surface area (Å²) in [6.07, 6.45) is 19.1. The second-order valence-electron chi connectivity index (χ2n) is 15.4.